The van der Waals surface area contributed by atoms with Crippen LogP contribution < -0.4 is 10.6 Å². The summed E-state index contributed by atoms with van der Waals surface area (Å²) >= 11 is 0. The van der Waals surface area contributed by atoms with E-state index in [0.29, 0.717) is 6.54 Å². The van der Waals surface area contributed by atoms with E-state index in [2.05, 4.69) is 10.6 Å². The highest BCUT2D eigenvalue weighted by Gasteiger charge is 2.10. The molecule has 1 rings (SSSR count). The molecule has 0 aliphatic rings. The van der Waals surface area contributed by atoms with Crippen LogP contribution in [0.5, 0.6) is 0 Å². The van der Waals surface area contributed by atoms with Crippen molar-refractivity contribution in [3.63, 3.8) is 0 Å². The van der Waals surface area contributed by atoms with Crippen molar-refractivity contribution in [3.05, 3.63) is 42.0 Å². The number of amides is 1. The maximum Gasteiger partial charge on any atom is 0.238 e. The minimum Gasteiger partial charge on any atom is -0.320 e. The number of nitrogens with one attached hydrogen (secondary N) is 2. The Hall–Kier alpha value is -1.75. The molecule has 1 aromatic rings. The summed E-state index contributed by atoms with van der Waals surface area (Å²) in [5, 5.41) is 5.07. The van der Waals surface area contributed by atoms with Gasteiger partial charge >= 0.3 is 0 Å². The predicted octanol–water partition coefficient (Wildman–Crippen LogP) is 2.46. The minimum absolute atomic E-state index is 0.0192. The standard InChI is InChI=1S/C13H16F2N2O/c1-2-3-4-8-16-9-12(18)17-13-10(14)6-5-7-11(13)15/h2-3,5-7,16H,4,8-9H2,1H3,(H,17,18)/b3-2+. The fraction of sp³-hybridized carbons (Fsp3) is 0.308. The van der Waals surface area contributed by atoms with Gasteiger partial charge in [0.25, 0.3) is 0 Å². The fourth-order valence-electron chi connectivity index (χ4n) is 1.35. The van der Waals surface area contributed by atoms with Gasteiger partial charge in [-0.15, -0.1) is 0 Å². The normalized spacial score (nSPS) is 10.8. The molecule has 0 aliphatic carbocycles. The molecule has 1 aromatic carbocycles. The zero-order valence-electron chi connectivity index (χ0n) is 10.2. The highest BCUT2D eigenvalue weighted by atomic mass is 19.1. The van der Waals surface area contributed by atoms with Crippen LogP contribution in [0.15, 0.2) is 30.4 Å². The van der Waals surface area contributed by atoms with Crippen molar-refractivity contribution < 1.29 is 13.6 Å². The summed E-state index contributed by atoms with van der Waals surface area (Å²) in [6, 6.07) is 3.44. The molecule has 5 heteroatoms. The average molecular weight is 254 g/mol. The number of carbonyl (C=O) groups is 1. The molecule has 0 saturated carbocycles. The number of halogens is 2. The first kappa shape index (κ1) is 14.3. The molecule has 0 atom stereocenters. The van der Waals surface area contributed by atoms with Crippen molar-refractivity contribution in [2.75, 3.05) is 18.4 Å². The Morgan fingerprint density at radius 3 is 2.61 bits per heavy atom. The second kappa shape index (κ2) is 7.55. The predicted molar refractivity (Wildman–Crippen MR) is 67.3 cm³/mol. The molecule has 0 bridgehead atoms. The van der Waals surface area contributed by atoms with Crippen molar-refractivity contribution in [3.8, 4) is 0 Å². The molecule has 0 aliphatic heterocycles. The minimum atomic E-state index is -0.780. The summed E-state index contributed by atoms with van der Waals surface area (Å²) in [7, 11) is 0. The Labute approximate surface area is 105 Å². The highest BCUT2D eigenvalue weighted by Crippen LogP contribution is 2.17. The molecule has 0 aromatic heterocycles. The molecule has 18 heavy (non-hydrogen) atoms. The van der Waals surface area contributed by atoms with Gasteiger partial charge in [0.15, 0.2) is 0 Å². The van der Waals surface area contributed by atoms with E-state index in [1.807, 2.05) is 19.1 Å². The monoisotopic (exact) mass is 254 g/mol. The largest absolute Gasteiger partial charge is 0.320 e. The number of hydrogen-bond acceptors (Lipinski definition) is 2. The van der Waals surface area contributed by atoms with Gasteiger partial charge in [0.1, 0.15) is 17.3 Å². The topological polar surface area (TPSA) is 41.1 Å². The van der Waals surface area contributed by atoms with Crippen LogP contribution in [-0.4, -0.2) is 19.0 Å². The number of hydrogen-bond donors (Lipinski definition) is 2. The van der Waals surface area contributed by atoms with Gasteiger partial charge in [-0.1, -0.05) is 18.2 Å². The Balaban J connectivity index is 2.40. The van der Waals surface area contributed by atoms with E-state index >= 15 is 0 Å². The zero-order valence-corrected chi connectivity index (χ0v) is 10.2. The van der Waals surface area contributed by atoms with Crippen LogP contribution in [0.4, 0.5) is 14.5 Å². The third-order valence-electron chi connectivity index (χ3n) is 2.24. The van der Waals surface area contributed by atoms with Gasteiger partial charge in [0.05, 0.1) is 6.54 Å². The van der Waals surface area contributed by atoms with Crippen molar-refractivity contribution in [1.82, 2.24) is 5.32 Å². The summed E-state index contributed by atoms with van der Waals surface area (Å²) < 4.78 is 26.4. The van der Waals surface area contributed by atoms with Crippen LogP contribution in [0.3, 0.4) is 0 Å². The van der Waals surface area contributed by atoms with E-state index in [4.69, 9.17) is 0 Å². The van der Waals surface area contributed by atoms with E-state index < -0.39 is 23.2 Å². The molecular weight excluding hydrogens is 238 g/mol. The summed E-state index contributed by atoms with van der Waals surface area (Å²) in [5.41, 5.74) is -0.405. The summed E-state index contributed by atoms with van der Waals surface area (Å²) in [5.74, 6) is -2.03. The molecule has 1 amide bonds. The lowest BCUT2D eigenvalue weighted by molar-refractivity contribution is -0.115. The first-order valence-corrected chi connectivity index (χ1v) is 5.71. The number of carbonyl (C=O) groups excluding carboxylic acids is 1. The number of rotatable bonds is 6. The van der Waals surface area contributed by atoms with Gasteiger partial charge < -0.3 is 10.6 Å². The molecule has 0 radical (unpaired) electrons. The molecular formula is C13H16F2N2O. The van der Waals surface area contributed by atoms with Crippen molar-refractivity contribution in [2.45, 2.75) is 13.3 Å². The van der Waals surface area contributed by atoms with Crippen LogP contribution in [0.1, 0.15) is 13.3 Å². The van der Waals surface area contributed by atoms with Crippen LogP contribution in [0, 0.1) is 11.6 Å². The van der Waals surface area contributed by atoms with Crippen molar-refractivity contribution >= 4 is 11.6 Å². The Bertz CT molecular complexity index is 413. The third-order valence-corrected chi connectivity index (χ3v) is 2.24. The summed E-state index contributed by atoms with van der Waals surface area (Å²) in [6.45, 7) is 2.57. The van der Waals surface area contributed by atoms with Gasteiger partial charge in [0.2, 0.25) is 5.91 Å². The lowest BCUT2D eigenvalue weighted by Gasteiger charge is -2.07. The Kier molecular flexibility index (Phi) is 6.00. The van der Waals surface area contributed by atoms with Crippen LogP contribution >= 0.6 is 0 Å². The van der Waals surface area contributed by atoms with Crippen LogP contribution in [-0.2, 0) is 4.79 Å². The first-order valence-electron chi connectivity index (χ1n) is 5.71. The third kappa shape index (κ3) is 4.63. The number of anilines is 1. The first-order chi connectivity index (χ1) is 8.65. The fourth-order valence-corrected chi connectivity index (χ4v) is 1.35. The van der Waals surface area contributed by atoms with Crippen molar-refractivity contribution in [2.24, 2.45) is 0 Å². The lowest BCUT2D eigenvalue weighted by atomic mass is 10.3. The SMILES string of the molecule is C/C=C/CCNCC(=O)Nc1c(F)cccc1F. The second-order valence-corrected chi connectivity index (χ2v) is 3.68. The zero-order chi connectivity index (χ0) is 13.4. The van der Waals surface area contributed by atoms with Gasteiger partial charge in [-0.2, -0.15) is 0 Å². The summed E-state index contributed by atoms with van der Waals surface area (Å²) in [4.78, 5) is 11.4. The van der Waals surface area contributed by atoms with Crippen molar-refractivity contribution in [1.29, 1.82) is 0 Å². The van der Waals surface area contributed by atoms with Gasteiger partial charge in [-0.3, -0.25) is 4.79 Å². The molecule has 0 spiro atoms. The van der Waals surface area contributed by atoms with E-state index in [-0.39, 0.29) is 6.54 Å². The van der Waals surface area contributed by atoms with E-state index in [0.717, 1.165) is 18.6 Å². The van der Waals surface area contributed by atoms with E-state index in [1.165, 1.54) is 6.07 Å². The quantitative estimate of drug-likeness (QED) is 0.605. The molecule has 3 nitrogen and oxygen atoms in total. The maximum atomic E-state index is 13.2. The molecule has 0 heterocycles. The number of allylic oxidation sites excluding steroid dienone is 1. The van der Waals surface area contributed by atoms with Gasteiger partial charge in [0, 0.05) is 0 Å². The summed E-state index contributed by atoms with van der Waals surface area (Å²) in [6.07, 6.45) is 4.68. The van der Waals surface area contributed by atoms with Crippen LogP contribution in [0.25, 0.3) is 0 Å². The van der Waals surface area contributed by atoms with E-state index in [1.54, 1.807) is 0 Å². The molecule has 98 valence electrons. The Morgan fingerprint density at radius 2 is 2.00 bits per heavy atom. The average Bonchev–Trinajstić information content (AvgIpc) is 2.34. The highest BCUT2D eigenvalue weighted by molar-refractivity contribution is 5.92. The second-order valence-electron chi connectivity index (χ2n) is 3.68. The Morgan fingerprint density at radius 1 is 1.33 bits per heavy atom. The lowest BCUT2D eigenvalue weighted by Crippen LogP contribution is -2.29. The van der Waals surface area contributed by atoms with E-state index in [9.17, 15) is 13.6 Å². The molecule has 0 fully saturated rings. The van der Waals surface area contributed by atoms with Crippen LogP contribution in [0.2, 0.25) is 0 Å². The smallest absolute Gasteiger partial charge is 0.238 e. The van der Waals surface area contributed by atoms with Gasteiger partial charge in [-0.25, -0.2) is 8.78 Å². The molecule has 0 saturated heterocycles. The molecule has 0 unspecified atom stereocenters. The molecule has 2 N–H and O–H groups in total. The number of benzene rings is 1. The van der Waals surface area contributed by atoms with Gasteiger partial charge in [-0.05, 0) is 32.0 Å². The number of para-hydroxylation sites is 1. The maximum absolute atomic E-state index is 13.2.